The van der Waals surface area contributed by atoms with Crippen molar-refractivity contribution in [1.29, 1.82) is 0 Å². The van der Waals surface area contributed by atoms with E-state index in [1.165, 1.54) is 0 Å². The Morgan fingerprint density at radius 1 is 1.19 bits per heavy atom. The summed E-state index contributed by atoms with van der Waals surface area (Å²) in [7, 11) is 1.62. The van der Waals surface area contributed by atoms with Crippen molar-refractivity contribution in [2.45, 2.75) is 26.0 Å². The van der Waals surface area contributed by atoms with Crippen LogP contribution in [0, 0.1) is 0 Å². The monoisotopic (exact) mass is 427 g/mol. The van der Waals surface area contributed by atoms with Crippen LogP contribution in [0.5, 0.6) is 11.5 Å². The lowest BCUT2D eigenvalue weighted by atomic mass is 10.0. The minimum atomic E-state index is -0.215. The van der Waals surface area contributed by atoms with Gasteiger partial charge in [-0.2, -0.15) is 0 Å². The van der Waals surface area contributed by atoms with Gasteiger partial charge in [0.15, 0.2) is 0 Å². The number of carbonyl (C=O) groups is 1. The van der Waals surface area contributed by atoms with Gasteiger partial charge in [-0.05, 0) is 68.5 Å². The summed E-state index contributed by atoms with van der Waals surface area (Å²) in [5.74, 6) is 1.35. The molecule has 6 nitrogen and oxygen atoms in total. The van der Waals surface area contributed by atoms with Gasteiger partial charge in [0.1, 0.15) is 23.3 Å². The third-order valence-electron chi connectivity index (χ3n) is 5.53. The molecule has 0 spiro atoms. The number of hydrogen-bond donors (Lipinski definition) is 3. The number of ether oxygens (including phenoxy) is 2. The van der Waals surface area contributed by atoms with Gasteiger partial charge in [0.05, 0.1) is 7.11 Å². The summed E-state index contributed by atoms with van der Waals surface area (Å²) in [6, 6.07) is 13.9. The topological polar surface area (TPSA) is 75.4 Å². The highest BCUT2D eigenvalue weighted by Crippen LogP contribution is 2.41. The second-order valence-corrected chi connectivity index (χ2v) is 8.21. The summed E-state index contributed by atoms with van der Waals surface area (Å²) >= 11 is 0. The molecule has 0 saturated heterocycles. The van der Waals surface area contributed by atoms with Crippen molar-refractivity contribution >= 4 is 28.1 Å². The third-order valence-corrected chi connectivity index (χ3v) is 5.53. The lowest BCUT2D eigenvalue weighted by molar-refractivity contribution is 0.0963. The first-order valence-corrected chi connectivity index (χ1v) is 10.7. The summed E-state index contributed by atoms with van der Waals surface area (Å²) in [6.45, 7) is 4.21. The molecule has 32 heavy (non-hydrogen) atoms. The summed E-state index contributed by atoms with van der Waals surface area (Å²) in [5, 5.41) is 7.32. The zero-order valence-electron chi connectivity index (χ0n) is 18.2. The number of methoxy groups -OCH3 is 1. The maximum atomic E-state index is 13.0. The van der Waals surface area contributed by atoms with E-state index in [1.807, 2.05) is 60.7 Å². The van der Waals surface area contributed by atoms with Crippen LogP contribution >= 0.6 is 0 Å². The molecule has 2 heterocycles. The number of aromatic nitrogens is 1. The number of rotatable bonds is 5. The molecule has 2 aliphatic rings. The van der Waals surface area contributed by atoms with Gasteiger partial charge in [-0.25, -0.2) is 0 Å². The molecule has 1 amide bonds. The van der Waals surface area contributed by atoms with E-state index in [0.29, 0.717) is 17.4 Å². The molecule has 1 aromatic heterocycles. The molecule has 0 saturated carbocycles. The molecule has 1 unspecified atom stereocenters. The lowest BCUT2D eigenvalue weighted by Crippen LogP contribution is -2.22. The van der Waals surface area contributed by atoms with E-state index in [0.717, 1.165) is 39.2 Å². The Balaban J connectivity index is 1.43. The number of amides is 1. The first kappa shape index (κ1) is 20.0. The average Bonchev–Trinajstić information content (AvgIpc) is 3.29. The Bertz CT molecular complexity index is 1300. The van der Waals surface area contributed by atoms with Crippen molar-refractivity contribution in [3.63, 3.8) is 0 Å². The number of fused-ring (bicyclic) bond motifs is 4. The standard InChI is InChI=1S/C26H25N3O3/c1-15(2)27-17-10-11-25-19(13-17)18-12-16(6-4-9-24(18)32-25)28-26(30)22-14-20-21(29-22)7-5-8-23(20)31-3/h4-15,24,27,29H,1-3H3,(H,28,30). The van der Waals surface area contributed by atoms with Crippen LogP contribution in [0.3, 0.4) is 0 Å². The number of carbonyl (C=O) groups excluding carboxylic acids is 1. The van der Waals surface area contributed by atoms with Crippen LogP contribution in [0.2, 0.25) is 0 Å². The molecule has 1 atom stereocenters. The molecule has 0 bridgehead atoms. The van der Waals surface area contributed by atoms with Gasteiger partial charge in [-0.1, -0.05) is 12.1 Å². The highest BCUT2D eigenvalue weighted by Gasteiger charge is 2.28. The van der Waals surface area contributed by atoms with E-state index in [2.05, 4.69) is 35.5 Å². The summed E-state index contributed by atoms with van der Waals surface area (Å²) in [4.78, 5) is 16.2. The van der Waals surface area contributed by atoms with E-state index >= 15 is 0 Å². The fraction of sp³-hybridized carbons (Fsp3) is 0.192. The second-order valence-electron chi connectivity index (χ2n) is 8.21. The van der Waals surface area contributed by atoms with Gasteiger partial charge >= 0.3 is 0 Å². The van der Waals surface area contributed by atoms with E-state index in [1.54, 1.807) is 7.11 Å². The SMILES string of the molecule is COc1cccc2[nH]c(C(=O)NC3=CC=CC4Oc5ccc(NC(C)C)cc5C4=C3)cc12. The highest BCUT2D eigenvalue weighted by molar-refractivity contribution is 6.00. The van der Waals surface area contributed by atoms with Crippen LogP contribution in [0.15, 0.2) is 72.5 Å². The van der Waals surface area contributed by atoms with Crippen molar-refractivity contribution in [1.82, 2.24) is 10.3 Å². The fourth-order valence-corrected chi connectivity index (χ4v) is 4.12. The molecular formula is C26H25N3O3. The number of anilines is 1. The van der Waals surface area contributed by atoms with E-state index in [4.69, 9.17) is 9.47 Å². The summed E-state index contributed by atoms with van der Waals surface area (Å²) < 4.78 is 11.5. The van der Waals surface area contributed by atoms with Gasteiger partial charge < -0.3 is 25.1 Å². The molecule has 1 aliphatic carbocycles. The minimum Gasteiger partial charge on any atom is -0.496 e. The maximum absolute atomic E-state index is 13.0. The van der Waals surface area contributed by atoms with Gasteiger partial charge in [0.25, 0.3) is 5.91 Å². The average molecular weight is 428 g/mol. The fourth-order valence-electron chi connectivity index (χ4n) is 4.12. The van der Waals surface area contributed by atoms with Crippen molar-refractivity contribution in [2.75, 3.05) is 12.4 Å². The van der Waals surface area contributed by atoms with Crippen molar-refractivity contribution in [3.8, 4) is 11.5 Å². The Morgan fingerprint density at radius 3 is 2.88 bits per heavy atom. The van der Waals surface area contributed by atoms with Crippen molar-refractivity contribution in [3.05, 3.63) is 83.7 Å². The van der Waals surface area contributed by atoms with Gasteiger partial charge in [-0.3, -0.25) is 4.79 Å². The number of allylic oxidation sites excluding steroid dienone is 3. The Hall–Kier alpha value is -3.93. The molecule has 3 N–H and O–H groups in total. The predicted molar refractivity (Wildman–Crippen MR) is 127 cm³/mol. The smallest absolute Gasteiger partial charge is 0.272 e. The van der Waals surface area contributed by atoms with Gasteiger partial charge in [0.2, 0.25) is 0 Å². The normalized spacial score (nSPS) is 16.6. The van der Waals surface area contributed by atoms with Crippen LogP contribution in [-0.4, -0.2) is 30.1 Å². The molecule has 162 valence electrons. The van der Waals surface area contributed by atoms with Crippen LogP contribution in [0.25, 0.3) is 16.5 Å². The highest BCUT2D eigenvalue weighted by atomic mass is 16.5. The molecule has 3 aromatic rings. The first-order chi connectivity index (χ1) is 15.5. The first-order valence-electron chi connectivity index (χ1n) is 10.7. The van der Waals surface area contributed by atoms with E-state index in [9.17, 15) is 4.79 Å². The van der Waals surface area contributed by atoms with Crippen LogP contribution < -0.4 is 20.1 Å². The Kier molecular flexibility index (Phi) is 4.98. The molecule has 0 radical (unpaired) electrons. The minimum absolute atomic E-state index is 0.178. The van der Waals surface area contributed by atoms with Gasteiger partial charge in [-0.15, -0.1) is 0 Å². The summed E-state index contributed by atoms with van der Waals surface area (Å²) in [5.41, 5.74) is 5.12. The predicted octanol–water partition coefficient (Wildman–Crippen LogP) is 5.02. The van der Waals surface area contributed by atoms with Crippen molar-refractivity contribution in [2.24, 2.45) is 0 Å². The van der Waals surface area contributed by atoms with Gasteiger partial charge in [0, 0.05) is 39.5 Å². The zero-order valence-corrected chi connectivity index (χ0v) is 18.2. The lowest BCUT2D eigenvalue weighted by Gasteiger charge is -2.11. The summed E-state index contributed by atoms with van der Waals surface area (Å²) in [6.07, 6.45) is 7.59. The maximum Gasteiger partial charge on any atom is 0.272 e. The molecular weight excluding hydrogens is 402 g/mol. The van der Waals surface area contributed by atoms with E-state index in [-0.39, 0.29) is 12.0 Å². The van der Waals surface area contributed by atoms with Crippen molar-refractivity contribution < 1.29 is 14.3 Å². The molecule has 5 rings (SSSR count). The largest absolute Gasteiger partial charge is 0.496 e. The molecule has 2 aromatic carbocycles. The third kappa shape index (κ3) is 3.64. The zero-order chi connectivity index (χ0) is 22.2. The number of hydrogen-bond acceptors (Lipinski definition) is 4. The number of aromatic amines is 1. The molecule has 0 fully saturated rings. The van der Waals surface area contributed by atoms with Crippen LogP contribution in [-0.2, 0) is 0 Å². The molecule has 6 heteroatoms. The number of H-pyrrole nitrogens is 1. The second kappa shape index (κ2) is 7.96. The van der Waals surface area contributed by atoms with Crippen LogP contribution in [0.1, 0.15) is 29.9 Å². The Labute approximate surface area is 186 Å². The van der Waals surface area contributed by atoms with Crippen LogP contribution in [0.4, 0.5) is 5.69 Å². The number of nitrogens with one attached hydrogen (secondary N) is 3. The number of benzene rings is 2. The van der Waals surface area contributed by atoms with E-state index < -0.39 is 0 Å². The Morgan fingerprint density at radius 2 is 2.06 bits per heavy atom. The quantitative estimate of drug-likeness (QED) is 0.534. The molecule has 1 aliphatic heterocycles.